The zero-order valence-electron chi connectivity index (χ0n) is 12.7. The van der Waals surface area contributed by atoms with Crippen molar-refractivity contribution in [3.63, 3.8) is 0 Å². The number of thiazole rings is 1. The van der Waals surface area contributed by atoms with Crippen LogP contribution in [-0.2, 0) is 11.2 Å². The highest BCUT2D eigenvalue weighted by molar-refractivity contribution is 7.09. The molecule has 1 amide bonds. The van der Waals surface area contributed by atoms with E-state index in [0.717, 1.165) is 5.01 Å². The number of ether oxygens (including phenoxy) is 3. The van der Waals surface area contributed by atoms with E-state index in [1.165, 1.54) is 21.3 Å². The third kappa shape index (κ3) is 3.88. The molecular formula is C15H18N2O4S. The summed E-state index contributed by atoms with van der Waals surface area (Å²) in [6.45, 7) is 0. The predicted molar refractivity (Wildman–Crippen MR) is 85.2 cm³/mol. The van der Waals surface area contributed by atoms with E-state index in [-0.39, 0.29) is 5.91 Å². The monoisotopic (exact) mass is 322 g/mol. The van der Waals surface area contributed by atoms with Crippen LogP contribution in [0.15, 0.2) is 23.7 Å². The van der Waals surface area contributed by atoms with Crippen LogP contribution in [0, 0.1) is 0 Å². The van der Waals surface area contributed by atoms with Gasteiger partial charge in [0.2, 0.25) is 11.7 Å². The van der Waals surface area contributed by atoms with Crippen molar-refractivity contribution in [3.05, 3.63) is 28.7 Å². The lowest BCUT2D eigenvalue weighted by molar-refractivity contribution is -0.116. The lowest BCUT2D eigenvalue weighted by Crippen LogP contribution is -2.12. The Balaban J connectivity index is 2.06. The van der Waals surface area contributed by atoms with Gasteiger partial charge in [0.15, 0.2) is 11.5 Å². The first kappa shape index (κ1) is 16.1. The fourth-order valence-electron chi connectivity index (χ4n) is 1.97. The number of carbonyl (C=O) groups excluding carboxylic acids is 1. The van der Waals surface area contributed by atoms with Crippen LogP contribution in [0.2, 0.25) is 0 Å². The third-order valence-electron chi connectivity index (χ3n) is 3.00. The van der Waals surface area contributed by atoms with Crippen LogP contribution >= 0.6 is 11.3 Å². The normalized spacial score (nSPS) is 10.1. The van der Waals surface area contributed by atoms with Gasteiger partial charge in [0, 0.05) is 42.2 Å². The van der Waals surface area contributed by atoms with E-state index in [0.29, 0.717) is 35.8 Å². The molecule has 118 valence electrons. The predicted octanol–water partition coefficient (Wildman–Crippen LogP) is 2.74. The van der Waals surface area contributed by atoms with E-state index < -0.39 is 0 Å². The minimum absolute atomic E-state index is 0.0931. The summed E-state index contributed by atoms with van der Waals surface area (Å²) in [5.74, 6) is 1.39. The fraction of sp³-hybridized carbons (Fsp3) is 0.333. The minimum atomic E-state index is -0.0931. The molecule has 22 heavy (non-hydrogen) atoms. The number of nitrogens with one attached hydrogen (secondary N) is 1. The lowest BCUT2D eigenvalue weighted by atomic mass is 10.2. The number of aromatic nitrogens is 1. The molecule has 0 spiro atoms. The lowest BCUT2D eigenvalue weighted by Gasteiger charge is -2.14. The summed E-state index contributed by atoms with van der Waals surface area (Å²) in [6.07, 6.45) is 2.72. The van der Waals surface area contributed by atoms with Crippen LogP contribution in [0.1, 0.15) is 11.4 Å². The molecule has 6 nitrogen and oxygen atoms in total. The third-order valence-corrected chi connectivity index (χ3v) is 3.84. The Morgan fingerprint density at radius 1 is 1.18 bits per heavy atom. The van der Waals surface area contributed by atoms with Crippen LogP contribution in [0.4, 0.5) is 5.69 Å². The van der Waals surface area contributed by atoms with Gasteiger partial charge in [-0.1, -0.05) is 0 Å². The molecule has 0 bridgehead atoms. The van der Waals surface area contributed by atoms with E-state index in [1.807, 2.05) is 5.38 Å². The maximum atomic E-state index is 12.0. The second kappa shape index (κ2) is 7.65. The first-order chi connectivity index (χ1) is 10.7. The molecule has 0 radical (unpaired) electrons. The van der Waals surface area contributed by atoms with Gasteiger partial charge in [-0.25, -0.2) is 4.98 Å². The molecule has 0 unspecified atom stereocenters. The van der Waals surface area contributed by atoms with Crippen LogP contribution in [0.5, 0.6) is 17.2 Å². The number of benzene rings is 1. The van der Waals surface area contributed by atoms with Gasteiger partial charge >= 0.3 is 0 Å². The van der Waals surface area contributed by atoms with Gasteiger partial charge in [0.1, 0.15) is 0 Å². The molecule has 0 aliphatic rings. The van der Waals surface area contributed by atoms with Crippen molar-refractivity contribution in [2.45, 2.75) is 12.8 Å². The van der Waals surface area contributed by atoms with Crippen molar-refractivity contribution in [3.8, 4) is 17.2 Å². The van der Waals surface area contributed by atoms with Gasteiger partial charge < -0.3 is 19.5 Å². The van der Waals surface area contributed by atoms with E-state index in [9.17, 15) is 4.79 Å². The molecular weight excluding hydrogens is 304 g/mol. The van der Waals surface area contributed by atoms with Crippen molar-refractivity contribution >= 4 is 22.9 Å². The Bertz CT molecular complexity index is 603. The second-order valence-electron chi connectivity index (χ2n) is 4.39. The number of nitrogens with zero attached hydrogens (tertiary/aromatic N) is 1. The average Bonchev–Trinajstić information content (AvgIpc) is 3.05. The number of aryl methyl sites for hydroxylation is 1. The molecule has 0 saturated carbocycles. The molecule has 2 rings (SSSR count). The number of carbonyl (C=O) groups is 1. The summed E-state index contributed by atoms with van der Waals surface area (Å²) in [7, 11) is 4.60. The van der Waals surface area contributed by atoms with Gasteiger partial charge in [0.25, 0.3) is 0 Å². The molecule has 0 saturated heterocycles. The van der Waals surface area contributed by atoms with Crippen LogP contribution in [0.3, 0.4) is 0 Å². The maximum Gasteiger partial charge on any atom is 0.224 e. The van der Waals surface area contributed by atoms with Gasteiger partial charge in [-0.05, 0) is 0 Å². The van der Waals surface area contributed by atoms with E-state index in [2.05, 4.69) is 10.3 Å². The van der Waals surface area contributed by atoms with Gasteiger partial charge in [-0.3, -0.25) is 4.79 Å². The van der Waals surface area contributed by atoms with Crippen LogP contribution in [0.25, 0.3) is 0 Å². The van der Waals surface area contributed by atoms with Crippen molar-refractivity contribution in [2.24, 2.45) is 0 Å². The van der Waals surface area contributed by atoms with Gasteiger partial charge in [0.05, 0.1) is 26.3 Å². The van der Waals surface area contributed by atoms with Crippen molar-refractivity contribution in [1.82, 2.24) is 4.98 Å². The number of hydrogen-bond acceptors (Lipinski definition) is 6. The second-order valence-corrected chi connectivity index (χ2v) is 5.37. The number of hydrogen-bond donors (Lipinski definition) is 1. The molecule has 7 heteroatoms. The Kier molecular flexibility index (Phi) is 5.60. The first-order valence-electron chi connectivity index (χ1n) is 6.66. The highest BCUT2D eigenvalue weighted by Crippen LogP contribution is 2.39. The largest absolute Gasteiger partial charge is 0.493 e. The molecule has 0 fully saturated rings. The maximum absolute atomic E-state index is 12.0. The summed E-state index contributed by atoms with van der Waals surface area (Å²) in [4.78, 5) is 16.2. The number of methoxy groups -OCH3 is 3. The molecule has 0 aliphatic carbocycles. The highest BCUT2D eigenvalue weighted by Gasteiger charge is 2.14. The number of anilines is 1. The van der Waals surface area contributed by atoms with E-state index in [4.69, 9.17) is 14.2 Å². The Morgan fingerprint density at radius 3 is 2.36 bits per heavy atom. The molecule has 0 atom stereocenters. The SMILES string of the molecule is COc1cc(NC(=O)CCc2nccs2)cc(OC)c1OC. The Labute approximate surface area is 133 Å². The quantitative estimate of drug-likeness (QED) is 0.849. The van der Waals surface area contributed by atoms with Crippen LogP contribution < -0.4 is 19.5 Å². The Hall–Kier alpha value is -2.28. The molecule has 2 aromatic rings. The van der Waals surface area contributed by atoms with Gasteiger partial charge in [-0.15, -0.1) is 11.3 Å². The number of rotatable bonds is 7. The zero-order chi connectivity index (χ0) is 15.9. The van der Waals surface area contributed by atoms with Gasteiger partial charge in [-0.2, -0.15) is 0 Å². The highest BCUT2D eigenvalue weighted by atomic mass is 32.1. The molecule has 0 aliphatic heterocycles. The van der Waals surface area contributed by atoms with Crippen LogP contribution in [-0.4, -0.2) is 32.2 Å². The summed E-state index contributed by atoms with van der Waals surface area (Å²) < 4.78 is 15.8. The average molecular weight is 322 g/mol. The first-order valence-corrected chi connectivity index (χ1v) is 7.54. The fourth-order valence-corrected chi connectivity index (χ4v) is 2.59. The molecule has 1 aromatic heterocycles. The zero-order valence-corrected chi connectivity index (χ0v) is 13.5. The Morgan fingerprint density at radius 2 is 1.86 bits per heavy atom. The number of amides is 1. The van der Waals surface area contributed by atoms with E-state index in [1.54, 1.807) is 29.7 Å². The minimum Gasteiger partial charge on any atom is -0.493 e. The standard InChI is InChI=1S/C15H18N2O4S/c1-19-11-8-10(9-12(20-2)15(11)21-3)17-13(18)4-5-14-16-6-7-22-14/h6-9H,4-5H2,1-3H3,(H,17,18). The van der Waals surface area contributed by atoms with Crippen molar-refractivity contribution in [2.75, 3.05) is 26.6 Å². The van der Waals surface area contributed by atoms with Crippen molar-refractivity contribution in [1.29, 1.82) is 0 Å². The smallest absolute Gasteiger partial charge is 0.224 e. The molecule has 1 N–H and O–H groups in total. The van der Waals surface area contributed by atoms with E-state index >= 15 is 0 Å². The summed E-state index contributed by atoms with van der Waals surface area (Å²) in [5, 5.41) is 5.67. The molecule has 1 heterocycles. The summed E-state index contributed by atoms with van der Waals surface area (Å²) in [5.41, 5.74) is 0.596. The summed E-state index contributed by atoms with van der Waals surface area (Å²) in [6, 6.07) is 3.39. The van der Waals surface area contributed by atoms with Crippen molar-refractivity contribution < 1.29 is 19.0 Å². The molecule has 1 aromatic carbocycles. The topological polar surface area (TPSA) is 69.7 Å². The summed E-state index contributed by atoms with van der Waals surface area (Å²) >= 11 is 1.54.